The SMILES string of the molecule is CON1CCC2(CC1)C(=O)C(Cl)(c1c(C)cc(Cl)cc1C)C(=O)N2OCc1ccoc1. The third-order valence-electron chi connectivity index (χ3n) is 6.19. The Morgan fingerprint density at radius 2 is 1.81 bits per heavy atom. The molecule has 2 fully saturated rings. The van der Waals surface area contributed by atoms with Crippen molar-refractivity contribution in [3.8, 4) is 0 Å². The van der Waals surface area contributed by atoms with Crippen molar-refractivity contribution in [3.63, 3.8) is 0 Å². The number of piperidine rings is 1. The van der Waals surface area contributed by atoms with Gasteiger partial charge in [-0.1, -0.05) is 23.2 Å². The van der Waals surface area contributed by atoms with Crippen molar-refractivity contribution in [2.45, 2.75) is 43.7 Å². The third-order valence-corrected chi connectivity index (χ3v) is 6.93. The Labute approximate surface area is 190 Å². The number of furan rings is 1. The van der Waals surface area contributed by atoms with Crippen LogP contribution in [-0.2, 0) is 30.7 Å². The van der Waals surface area contributed by atoms with Gasteiger partial charge in [-0.25, -0.2) is 5.06 Å². The second-order valence-electron chi connectivity index (χ2n) is 8.05. The molecule has 31 heavy (non-hydrogen) atoms. The van der Waals surface area contributed by atoms with E-state index >= 15 is 0 Å². The number of hydrogen-bond acceptors (Lipinski definition) is 6. The number of halogens is 2. The molecule has 3 heterocycles. The fraction of sp³-hybridized carbons (Fsp3) is 0.455. The Balaban J connectivity index is 1.78. The number of hydrogen-bond donors (Lipinski definition) is 0. The molecule has 2 aliphatic rings. The van der Waals surface area contributed by atoms with E-state index in [0.717, 1.165) is 5.56 Å². The average Bonchev–Trinajstić information content (AvgIpc) is 3.30. The van der Waals surface area contributed by atoms with Gasteiger partial charge in [0.15, 0.2) is 5.78 Å². The number of rotatable bonds is 5. The van der Waals surface area contributed by atoms with Crippen molar-refractivity contribution in [2.24, 2.45) is 0 Å². The van der Waals surface area contributed by atoms with Crippen LogP contribution in [0.1, 0.15) is 35.1 Å². The van der Waals surface area contributed by atoms with E-state index in [4.69, 9.17) is 37.3 Å². The number of nitrogens with zero attached hydrogens (tertiary/aromatic N) is 2. The largest absolute Gasteiger partial charge is 0.472 e. The Morgan fingerprint density at radius 1 is 1.16 bits per heavy atom. The first kappa shape index (κ1) is 22.3. The smallest absolute Gasteiger partial charge is 0.280 e. The van der Waals surface area contributed by atoms with E-state index in [-0.39, 0.29) is 12.4 Å². The Hall–Kier alpha value is -1.90. The average molecular weight is 467 g/mol. The molecule has 9 heteroatoms. The number of hydroxylamine groups is 4. The van der Waals surface area contributed by atoms with Crippen molar-refractivity contribution in [1.82, 2.24) is 10.1 Å². The maximum absolute atomic E-state index is 14.0. The molecule has 1 aromatic heterocycles. The number of ketones is 1. The number of aryl methyl sites for hydroxylation is 2. The third kappa shape index (κ3) is 3.49. The molecular formula is C22H24Cl2N2O5. The van der Waals surface area contributed by atoms with Gasteiger partial charge >= 0.3 is 0 Å². The van der Waals surface area contributed by atoms with Gasteiger partial charge in [0.1, 0.15) is 12.1 Å². The fourth-order valence-corrected chi connectivity index (χ4v) is 5.56. The molecular weight excluding hydrogens is 443 g/mol. The predicted octanol–water partition coefficient (Wildman–Crippen LogP) is 3.92. The number of amides is 1. The monoisotopic (exact) mass is 466 g/mol. The van der Waals surface area contributed by atoms with Crippen LogP contribution in [0.25, 0.3) is 0 Å². The van der Waals surface area contributed by atoms with E-state index in [1.807, 2.05) is 0 Å². The second-order valence-corrected chi connectivity index (χ2v) is 9.05. The first-order chi connectivity index (χ1) is 14.7. The van der Waals surface area contributed by atoms with Crippen molar-refractivity contribution in [1.29, 1.82) is 0 Å². The lowest BCUT2D eigenvalue weighted by Gasteiger charge is -2.41. The Morgan fingerprint density at radius 3 is 2.35 bits per heavy atom. The lowest BCUT2D eigenvalue weighted by molar-refractivity contribution is -0.235. The van der Waals surface area contributed by atoms with Crippen LogP contribution in [0, 0.1) is 13.8 Å². The highest BCUT2D eigenvalue weighted by Crippen LogP contribution is 2.51. The molecule has 1 spiro atoms. The van der Waals surface area contributed by atoms with E-state index in [1.54, 1.807) is 44.2 Å². The zero-order valence-electron chi connectivity index (χ0n) is 17.6. The Kier molecular flexibility index (Phi) is 5.91. The van der Waals surface area contributed by atoms with Crippen LogP contribution in [0.15, 0.2) is 35.1 Å². The van der Waals surface area contributed by atoms with Gasteiger partial charge in [-0.3, -0.25) is 14.4 Å². The van der Waals surface area contributed by atoms with Gasteiger partial charge in [0.25, 0.3) is 5.91 Å². The van der Waals surface area contributed by atoms with Crippen molar-refractivity contribution < 1.29 is 23.7 Å². The van der Waals surface area contributed by atoms with E-state index < -0.39 is 16.3 Å². The predicted molar refractivity (Wildman–Crippen MR) is 114 cm³/mol. The lowest BCUT2D eigenvalue weighted by atomic mass is 9.78. The zero-order valence-corrected chi connectivity index (χ0v) is 19.1. The highest BCUT2D eigenvalue weighted by atomic mass is 35.5. The summed E-state index contributed by atoms with van der Waals surface area (Å²) >= 11 is 13.2. The second kappa shape index (κ2) is 8.22. The lowest BCUT2D eigenvalue weighted by Crippen LogP contribution is -2.56. The van der Waals surface area contributed by atoms with Gasteiger partial charge in [-0.15, -0.1) is 0 Å². The summed E-state index contributed by atoms with van der Waals surface area (Å²) in [6.07, 6.45) is 3.74. The number of Topliss-reactive ketones (excluding diaryl/α,β-unsaturated/α-hetero) is 1. The van der Waals surface area contributed by atoms with Gasteiger partial charge in [0.2, 0.25) is 4.87 Å². The molecule has 1 atom stereocenters. The molecule has 1 unspecified atom stereocenters. The van der Waals surface area contributed by atoms with Crippen LogP contribution in [0.4, 0.5) is 0 Å². The molecule has 1 amide bonds. The molecule has 7 nitrogen and oxygen atoms in total. The minimum atomic E-state index is -1.88. The number of carbonyl (C=O) groups excluding carboxylic acids is 2. The van der Waals surface area contributed by atoms with Crippen LogP contribution < -0.4 is 0 Å². The van der Waals surface area contributed by atoms with Crippen molar-refractivity contribution in [3.05, 3.63) is 58.0 Å². The highest BCUT2D eigenvalue weighted by Gasteiger charge is 2.69. The van der Waals surface area contributed by atoms with Crippen LogP contribution >= 0.6 is 23.2 Å². The summed E-state index contributed by atoms with van der Waals surface area (Å²) in [6, 6.07) is 5.16. The minimum absolute atomic E-state index is 0.0802. The maximum atomic E-state index is 14.0. The van der Waals surface area contributed by atoms with Crippen LogP contribution in [-0.4, -0.2) is 47.6 Å². The summed E-state index contributed by atoms with van der Waals surface area (Å²) in [4.78, 5) is 37.1. The minimum Gasteiger partial charge on any atom is -0.472 e. The van der Waals surface area contributed by atoms with Gasteiger partial charge in [0, 0.05) is 23.7 Å². The van der Waals surface area contributed by atoms with Crippen LogP contribution in [0.2, 0.25) is 5.02 Å². The van der Waals surface area contributed by atoms with Gasteiger partial charge < -0.3 is 9.25 Å². The van der Waals surface area contributed by atoms with Gasteiger partial charge in [0.05, 0.1) is 19.6 Å². The number of carbonyl (C=O) groups is 2. The summed E-state index contributed by atoms with van der Waals surface area (Å²) in [5.74, 6) is -0.954. The molecule has 2 aromatic rings. The molecule has 4 rings (SSSR count). The summed E-state index contributed by atoms with van der Waals surface area (Å²) in [6.45, 7) is 4.61. The fourth-order valence-electron chi connectivity index (χ4n) is 4.68. The molecule has 0 N–H and O–H groups in total. The van der Waals surface area contributed by atoms with E-state index in [1.165, 1.54) is 17.6 Å². The summed E-state index contributed by atoms with van der Waals surface area (Å²) < 4.78 is 5.08. The quantitative estimate of drug-likeness (QED) is 0.491. The summed E-state index contributed by atoms with van der Waals surface area (Å²) in [7, 11) is 1.58. The number of alkyl halides is 1. The molecule has 0 aliphatic carbocycles. The molecule has 166 valence electrons. The molecule has 2 saturated heterocycles. The molecule has 0 saturated carbocycles. The normalized spacial score (nSPS) is 23.8. The highest BCUT2D eigenvalue weighted by molar-refractivity contribution is 6.49. The number of benzene rings is 1. The topological polar surface area (TPSA) is 72.2 Å². The van der Waals surface area contributed by atoms with E-state index in [0.29, 0.717) is 47.6 Å². The van der Waals surface area contributed by atoms with E-state index in [9.17, 15) is 9.59 Å². The molecule has 1 aromatic carbocycles. The van der Waals surface area contributed by atoms with Crippen molar-refractivity contribution in [2.75, 3.05) is 20.2 Å². The maximum Gasteiger partial charge on any atom is 0.280 e. The summed E-state index contributed by atoms with van der Waals surface area (Å²) in [5, 5.41) is 3.48. The molecule has 0 bridgehead atoms. The summed E-state index contributed by atoms with van der Waals surface area (Å²) in [5.41, 5.74) is 1.40. The first-order valence-corrected chi connectivity index (χ1v) is 10.8. The Bertz CT molecular complexity index is 978. The van der Waals surface area contributed by atoms with Crippen molar-refractivity contribution >= 4 is 34.9 Å². The van der Waals surface area contributed by atoms with E-state index in [2.05, 4.69) is 0 Å². The standard InChI is InChI=1S/C22H24Cl2N2O5/c1-14-10-17(23)11-15(2)18(14)22(24)19(27)21(5-7-25(29-3)8-6-21)26(20(22)28)31-13-16-4-9-30-12-16/h4,9-12H,5-8,13H2,1-3H3. The molecule has 2 aliphatic heterocycles. The van der Waals surface area contributed by atoms with Gasteiger partial charge in [-0.05, 0) is 61.6 Å². The van der Waals surface area contributed by atoms with Gasteiger partial charge in [-0.2, -0.15) is 5.06 Å². The zero-order chi connectivity index (χ0) is 22.4. The van der Waals surface area contributed by atoms with Crippen LogP contribution in [0.5, 0.6) is 0 Å². The molecule has 0 radical (unpaired) electrons. The first-order valence-electron chi connectivity index (χ1n) is 10.0. The van der Waals surface area contributed by atoms with Crippen LogP contribution in [0.3, 0.4) is 0 Å².